The van der Waals surface area contributed by atoms with Gasteiger partial charge in [-0.25, -0.2) is 0 Å². The average Bonchev–Trinajstić information content (AvgIpc) is 2.44. The van der Waals surface area contributed by atoms with Crippen molar-refractivity contribution in [2.45, 2.75) is 31.7 Å². The smallest absolute Gasteiger partial charge is 0.376 e. The third-order valence-corrected chi connectivity index (χ3v) is 5.26. The molecule has 0 amide bonds. The van der Waals surface area contributed by atoms with Gasteiger partial charge in [0.15, 0.2) is 0 Å². The molecule has 0 bridgehead atoms. The van der Waals surface area contributed by atoms with Gasteiger partial charge in [0.25, 0.3) is 0 Å². The topological polar surface area (TPSA) is 46.6 Å². The van der Waals surface area contributed by atoms with Gasteiger partial charge in [-0.15, -0.1) is 0 Å². The zero-order valence-electron chi connectivity index (χ0n) is 12.1. The molecule has 0 unspecified atom stereocenters. The third-order valence-electron chi connectivity index (χ3n) is 3.55. The highest BCUT2D eigenvalue weighted by Crippen LogP contribution is 2.43. The van der Waals surface area contributed by atoms with E-state index in [1.165, 1.54) is 6.92 Å². The molecule has 0 saturated carbocycles. The van der Waals surface area contributed by atoms with E-state index in [9.17, 15) is 21.6 Å². The quantitative estimate of drug-likeness (QED) is 0.561. The lowest BCUT2D eigenvalue weighted by molar-refractivity contribution is -0.0500. The van der Waals surface area contributed by atoms with Crippen molar-refractivity contribution in [2.75, 3.05) is 18.0 Å². The Labute approximate surface area is 142 Å². The van der Waals surface area contributed by atoms with Crippen LogP contribution in [0, 0.1) is 6.92 Å². The molecule has 2 rings (SSSR count). The molecule has 1 saturated heterocycles. The summed E-state index contributed by atoms with van der Waals surface area (Å²) in [5.74, 6) is -0.530. The second-order valence-corrected chi connectivity index (χ2v) is 7.50. The van der Waals surface area contributed by atoms with E-state index < -0.39 is 21.4 Å². The molecule has 1 aliphatic rings. The maximum Gasteiger partial charge on any atom is 0.534 e. The van der Waals surface area contributed by atoms with Gasteiger partial charge in [0, 0.05) is 24.7 Å². The van der Waals surface area contributed by atoms with E-state index in [0.717, 1.165) is 38.4 Å². The predicted octanol–water partition coefficient (Wildman–Crippen LogP) is 4.52. The van der Waals surface area contributed by atoms with E-state index in [-0.39, 0.29) is 15.6 Å². The summed E-state index contributed by atoms with van der Waals surface area (Å²) < 4.78 is 63.7. The molecule has 130 valence electrons. The molecule has 0 aromatic heterocycles. The maximum atomic E-state index is 12.4. The molecule has 23 heavy (non-hydrogen) atoms. The molecule has 1 fully saturated rings. The first-order valence-corrected chi connectivity index (χ1v) is 8.95. The minimum Gasteiger partial charge on any atom is -0.376 e. The van der Waals surface area contributed by atoms with Crippen LogP contribution in [-0.2, 0) is 10.1 Å². The van der Waals surface area contributed by atoms with Gasteiger partial charge >= 0.3 is 15.6 Å². The SMILES string of the molecule is Cc1c(OS(=O)(=O)C(F)(F)F)cc(Cl)c(N2CCCCC2)c1Cl. The number of benzene rings is 1. The summed E-state index contributed by atoms with van der Waals surface area (Å²) >= 11 is 12.3. The molecule has 1 aromatic carbocycles. The number of piperidine rings is 1. The zero-order chi connectivity index (χ0) is 17.4. The summed E-state index contributed by atoms with van der Waals surface area (Å²) in [7, 11) is -5.78. The van der Waals surface area contributed by atoms with Crippen LogP contribution in [0.25, 0.3) is 0 Å². The van der Waals surface area contributed by atoms with Crippen molar-refractivity contribution in [3.8, 4) is 5.75 Å². The Balaban J connectivity index is 2.42. The lowest BCUT2D eigenvalue weighted by Crippen LogP contribution is -2.30. The Morgan fingerprint density at radius 1 is 1.17 bits per heavy atom. The van der Waals surface area contributed by atoms with Gasteiger partial charge in [0.1, 0.15) is 5.75 Å². The van der Waals surface area contributed by atoms with Crippen LogP contribution < -0.4 is 9.08 Å². The van der Waals surface area contributed by atoms with E-state index in [2.05, 4.69) is 4.18 Å². The average molecular weight is 392 g/mol. The molecule has 0 atom stereocenters. The molecule has 10 heteroatoms. The van der Waals surface area contributed by atoms with Crippen molar-refractivity contribution in [2.24, 2.45) is 0 Å². The van der Waals surface area contributed by atoms with Crippen LogP contribution in [0.15, 0.2) is 6.07 Å². The van der Waals surface area contributed by atoms with Gasteiger partial charge in [-0.2, -0.15) is 21.6 Å². The van der Waals surface area contributed by atoms with E-state index >= 15 is 0 Å². The first-order chi connectivity index (χ1) is 10.5. The van der Waals surface area contributed by atoms with Crippen LogP contribution in [-0.4, -0.2) is 27.0 Å². The highest BCUT2D eigenvalue weighted by Gasteiger charge is 2.49. The molecule has 0 radical (unpaired) electrons. The molecule has 1 aromatic rings. The first-order valence-electron chi connectivity index (χ1n) is 6.79. The second kappa shape index (κ2) is 6.57. The monoisotopic (exact) mass is 391 g/mol. The Hall–Kier alpha value is -0.860. The van der Waals surface area contributed by atoms with Crippen LogP contribution in [0.5, 0.6) is 5.75 Å². The molecule has 1 heterocycles. The van der Waals surface area contributed by atoms with Crippen molar-refractivity contribution >= 4 is 39.0 Å². The Morgan fingerprint density at radius 2 is 1.74 bits per heavy atom. The number of rotatable bonds is 3. The van der Waals surface area contributed by atoms with Gasteiger partial charge < -0.3 is 9.08 Å². The lowest BCUT2D eigenvalue weighted by Gasteiger charge is -2.31. The largest absolute Gasteiger partial charge is 0.534 e. The molecule has 0 aliphatic carbocycles. The van der Waals surface area contributed by atoms with Crippen LogP contribution in [0.4, 0.5) is 18.9 Å². The number of alkyl halides is 3. The fourth-order valence-corrected chi connectivity index (χ4v) is 3.52. The highest BCUT2D eigenvalue weighted by molar-refractivity contribution is 7.88. The van der Waals surface area contributed by atoms with E-state index in [1.807, 2.05) is 4.90 Å². The minimum absolute atomic E-state index is 0.0508. The summed E-state index contributed by atoms with van der Waals surface area (Å²) in [5, 5.41) is 0.140. The summed E-state index contributed by atoms with van der Waals surface area (Å²) in [5.41, 5.74) is -4.95. The summed E-state index contributed by atoms with van der Waals surface area (Å²) in [4.78, 5) is 1.93. The summed E-state index contributed by atoms with van der Waals surface area (Å²) in [6.07, 6.45) is 2.98. The molecule has 4 nitrogen and oxygen atoms in total. The minimum atomic E-state index is -5.78. The molecular weight excluding hydrogens is 378 g/mol. The van der Waals surface area contributed by atoms with Crippen LogP contribution in [0.3, 0.4) is 0 Å². The Bertz CT molecular complexity index is 701. The van der Waals surface area contributed by atoms with Crippen LogP contribution >= 0.6 is 23.2 Å². The van der Waals surface area contributed by atoms with Crippen molar-refractivity contribution in [3.63, 3.8) is 0 Å². The molecule has 0 spiro atoms. The maximum absolute atomic E-state index is 12.4. The van der Waals surface area contributed by atoms with Gasteiger partial charge in [-0.1, -0.05) is 23.2 Å². The van der Waals surface area contributed by atoms with Gasteiger partial charge in [0.2, 0.25) is 0 Å². The second-order valence-electron chi connectivity index (χ2n) is 5.18. The van der Waals surface area contributed by atoms with Gasteiger partial charge in [-0.05, 0) is 26.2 Å². The van der Waals surface area contributed by atoms with Crippen molar-refractivity contribution in [1.82, 2.24) is 0 Å². The number of anilines is 1. The standard InChI is InChI=1S/C13H14Cl2F3NO3S/c1-8-10(22-23(20,21)13(16,17)18)7-9(14)12(11(8)15)19-5-3-2-4-6-19/h7H,2-6H2,1H3. The Morgan fingerprint density at radius 3 is 2.26 bits per heavy atom. The van der Waals surface area contributed by atoms with Crippen molar-refractivity contribution in [1.29, 1.82) is 0 Å². The van der Waals surface area contributed by atoms with Crippen molar-refractivity contribution in [3.05, 3.63) is 21.7 Å². The number of nitrogens with zero attached hydrogens (tertiary/aromatic N) is 1. The fraction of sp³-hybridized carbons (Fsp3) is 0.538. The lowest BCUT2D eigenvalue weighted by atomic mass is 10.1. The van der Waals surface area contributed by atoms with Gasteiger partial charge in [-0.3, -0.25) is 0 Å². The first kappa shape index (κ1) is 18.5. The predicted molar refractivity (Wildman–Crippen MR) is 82.9 cm³/mol. The van der Waals surface area contributed by atoms with Gasteiger partial charge in [0.05, 0.1) is 15.7 Å². The summed E-state index contributed by atoms with van der Waals surface area (Å²) in [6.45, 7) is 2.83. The van der Waals surface area contributed by atoms with E-state index in [0.29, 0.717) is 5.69 Å². The third kappa shape index (κ3) is 3.80. The Kier molecular flexibility index (Phi) is 5.27. The van der Waals surface area contributed by atoms with Crippen molar-refractivity contribution < 1.29 is 25.8 Å². The van der Waals surface area contributed by atoms with Crippen LogP contribution in [0.2, 0.25) is 10.0 Å². The van der Waals surface area contributed by atoms with E-state index in [4.69, 9.17) is 23.2 Å². The van der Waals surface area contributed by atoms with Crippen LogP contribution in [0.1, 0.15) is 24.8 Å². The summed E-state index contributed by atoms with van der Waals surface area (Å²) in [6, 6.07) is 1.05. The highest BCUT2D eigenvalue weighted by atomic mass is 35.5. The molecule has 1 aliphatic heterocycles. The fourth-order valence-electron chi connectivity index (χ4n) is 2.34. The number of halogens is 5. The molecule has 0 N–H and O–H groups in total. The number of hydrogen-bond acceptors (Lipinski definition) is 4. The zero-order valence-corrected chi connectivity index (χ0v) is 14.4. The normalized spacial score (nSPS) is 16.5. The van der Waals surface area contributed by atoms with E-state index in [1.54, 1.807) is 0 Å². The molecular formula is C13H14Cl2F3NO3S. The number of hydrogen-bond donors (Lipinski definition) is 0.